The topological polar surface area (TPSA) is 46.2 Å². The molecule has 108 valence electrons. The smallest absolute Gasteiger partial charge is 0.234 e. The Balaban J connectivity index is 1.90. The van der Waals surface area contributed by atoms with Gasteiger partial charge in [0.25, 0.3) is 0 Å². The van der Waals surface area contributed by atoms with Crippen molar-refractivity contribution in [1.82, 2.24) is 0 Å². The molecule has 0 spiro atoms. The second-order valence-corrected chi connectivity index (χ2v) is 5.84. The van der Waals surface area contributed by atoms with Gasteiger partial charge in [-0.15, -0.1) is 11.8 Å². The Morgan fingerprint density at radius 3 is 2.48 bits per heavy atom. The molecular formula is C17H17NO2S. The van der Waals surface area contributed by atoms with Crippen molar-refractivity contribution in [2.24, 2.45) is 0 Å². The van der Waals surface area contributed by atoms with Crippen LogP contribution in [0, 0.1) is 6.92 Å². The molecule has 3 nitrogen and oxygen atoms in total. The molecule has 2 aromatic carbocycles. The lowest BCUT2D eigenvalue weighted by Crippen LogP contribution is -2.13. The minimum Gasteiger partial charge on any atom is -0.325 e. The van der Waals surface area contributed by atoms with Gasteiger partial charge in [0.2, 0.25) is 5.91 Å². The fraction of sp³-hybridized carbons (Fsp3) is 0.176. The molecule has 0 aliphatic rings. The summed E-state index contributed by atoms with van der Waals surface area (Å²) in [6.45, 7) is 3.54. The summed E-state index contributed by atoms with van der Waals surface area (Å²) in [7, 11) is 0. The lowest BCUT2D eigenvalue weighted by molar-refractivity contribution is -0.113. The molecule has 1 N–H and O–H groups in total. The zero-order chi connectivity index (χ0) is 15.2. The minimum absolute atomic E-state index is 0.0292. The summed E-state index contributed by atoms with van der Waals surface area (Å²) < 4.78 is 0. The van der Waals surface area contributed by atoms with Gasteiger partial charge in [-0.2, -0.15) is 0 Å². The van der Waals surface area contributed by atoms with E-state index in [1.807, 2.05) is 49.4 Å². The van der Waals surface area contributed by atoms with Gasteiger partial charge in [-0.25, -0.2) is 0 Å². The number of Topliss-reactive ketones (excluding diaryl/α,β-unsaturated/α-hetero) is 1. The third-order valence-electron chi connectivity index (χ3n) is 2.95. The Bertz CT molecular complexity index is 650. The van der Waals surface area contributed by atoms with Crippen LogP contribution in [0.4, 0.5) is 5.69 Å². The summed E-state index contributed by atoms with van der Waals surface area (Å²) in [5.74, 6) is 0.286. The molecule has 0 saturated heterocycles. The number of hydrogen-bond donors (Lipinski definition) is 1. The van der Waals surface area contributed by atoms with Crippen LogP contribution in [0.3, 0.4) is 0 Å². The Hall–Kier alpha value is -2.07. The average Bonchev–Trinajstić information content (AvgIpc) is 2.48. The van der Waals surface area contributed by atoms with Crippen molar-refractivity contribution in [3.8, 4) is 0 Å². The lowest BCUT2D eigenvalue weighted by atomic mass is 10.2. The molecule has 0 aliphatic heterocycles. The van der Waals surface area contributed by atoms with E-state index in [1.165, 1.54) is 18.7 Å². The van der Waals surface area contributed by atoms with Crippen LogP contribution in [-0.4, -0.2) is 17.4 Å². The van der Waals surface area contributed by atoms with Crippen molar-refractivity contribution in [3.05, 3.63) is 59.7 Å². The second kappa shape index (κ2) is 7.09. The molecule has 0 radical (unpaired) electrons. The van der Waals surface area contributed by atoms with Gasteiger partial charge in [-0.05, 0) is 38.1 Å². The molecule has 0 unspecified atom stereocenters. The van der Waals surface area contributed by atoms with Crippen LogP contribution < -0.4 is 5.32 Å². The van der Waals surface area contributed by atoms with Gasteiger partial charge in [0.05, 0.1) is 5.75 Å². The number of aryl methyl sites for hydroxylation is 1. The van der Waals surface area contributed by atoms with Gasteiger partial charge in [0, 0.05) is 16.1 Å². The van der Waals surface area contributed by atoms with Crippen molar-refractivity contribution in [3.63, 3.8) is 0 Å². The van der Waals surface area contributed by atoms with Gasteiger partial charge in [-0.1, -0.05) is 29.8 Å². The standard InChI is InChI=1S/C17H17NO2S/c1-12-6-8-15(9-7-12)18-17(20)11-21-16-5-3-4-14(10-16)13(2)19/h3-10H,11H2,1-2H3,(H,18,20). The molecule has 0 atom stereocenters. The number of hydrogen-bond acceptors (Lipinski definition) is 3. The largest absolute Gasteiger partial charge is 0.325 e. The quantitative estimate of drug-likeness (QED) is 0.672. The molecule has 21 heavy (non-hydrogen) atoms. The normalized spacial score (nSPS) is 10.2. The van der Waals surface area contributed by atoms with Gasteiger partial charge in [-0.3, -0.25) is 9.59 Å². The Morgan fingerprint density at radius 1 is 1.10 bits per heavy atom. The number of amides is 1. The minimum atomic E-state index is -0.0583. The maximum atomic E-state index is 11.9. The molecule has 0 saturated carbocycles. The van der Waals surface area contributed by atoms with Gasteiger partial charge >= 0.3 is 0 Å². The summed E-state index contributed by atoms with van der Waals surface area (Å²) in [5, 5.41) is 2.85. The molecule has 1 amide bonds. The first-order valence-electron chi connectivity index (χ1n) is 6.65. The highest BCUT2D eigenvalue weighted by molar-refractivity contribution is 8.00. The first-order valence-corrected chi connectivity index (χ1v) is 7.63. The fourth-order valence-electron chi connectivity index (χ4n) is 1.79. The lowest BCUT2D eigenvalue weighted by Gasteiger charge is -2.06. The zero-order valence-electron chi connectivity index (χ0n) is 12.1. The molecule has 0 bridgehead atoms. The fourth-order valence-corrected chi connectivity index (χ4v) is 2.54. The number of nitrogens with one attached hydrogen (secondary N) is 1. The number of ketones is 1. The maximum absolute atomic E-state index is 11.9. The maximum Gasteiger partial charge on any atom is 0.234 e. The molecule has 0 aromatic heterocycles. The van der Waals surface area contributed by atoms with Crippen molar-refractivity contribution >= 4 is 29.1 Å². The van der Waals surface area contributed by atoms with Crippen LogP contribution in [0.1, 0.15) is 22.8 Å². The van der Waals surface area contributed by atoms with Crippen LogP contribution >= 0.6 is 11.8 Å². The summed E-state index contributed by atoms with van der Waals surface area (Å²) in [6.07, 6.45) is 0. The number of rotatable bonds is 5. The van der Waals surface area contributed by atoms with E-state index in [9.17, 15) is 9.59 Å². The van der Waals surface area contributed by atoms with E-state index >= 15 is 0 Å². The molecule has 0 fully saturated rings. The predicted molar refractivity (Wildman–Crippen MR) is 87.0 cm³/mol. The molecule has 0 aliphatic carbocycles. The van der Waals surface area contributed by atoms with E-state index in [0.29, 0.717) is 11.3 Å². The summed E-state index contributed by atoms with van der Waals surface area (Å²) >= 11 is 1.42. The van der Waals surface area contributed by atoms with Crippen molar-refractivity contribution < 1.29 is 9.59 Å². The number of carbonyl (C=O) groups is 2. The SMILES string of the molecule is CC(=O)c1cccc(SCC(=O)Nc2ccc(C)cc2)c1. The monoisotopic (exact) mass is 299 g/mol. The van der Waals surface area contributed by atoms with E-state index in [4.69, 9.17) is 0 Å². The summed E-state index contributed by atoms with van der Waals surface area (Å²) in [4.78, 5) is 24.1. The number of benzene rings is 2. The number of carbonyl (C=O) groups excluding carboxylic acids is 2. The van der Waals surface area contributed by atoms with Crippen LogP contribution in [0.15, 0.2) is 53.4 Å². The summed E-state index contributed by atoms with van der Waals surface area (Å²) in [5.41, 5.74) is 2.62. The van der Waals surface area contributed by atoms with E-state index in [-0.39, 0.29) is 11.7 Å². The van der Waals surface area contributed by atoms with E-state index in [2.05, 4.69) is 5.32 Å². The van der Waals surface area contributed by atoms with E-state index in [1.54, 1.807) is 6.07 Å². The van der Waals surface area contributed by atoms with Gasteiger partial charge in [0.15, 0.2) is 5.78 Å². The third kappa shape index (κ3) is 4.76. The van der Waals surface area contributed by atoms with Crippen LogP contribution in [0.25, 0.3) is 0 Å². The molecule has 4 heteroatoms. The van der Waals surface area contributed by atoms with Gasteiger partial charge in [0.1, 0.15) is 0 Å². The highest BCUT2D eigenvalue weighted by Gasteiger charge is 2.05. The van der Waals surface area contributed by atoms with Crippen LogP contribution in [0.2, 0.25) is 0 Å². The van der Waals surface area contributed by atoms with Crippen molar-refractivity contribution in [1.29, 1.82) is 0 Å². The first-order chi connectivity index (χ1) is 10.0. The molecule has 0 heterocycles. The Kier molecular flexibility index (Phi) is 5.17. The third-order valence-corrected chi connectivity index (χ3v) is 3.94. The van der Waals surface area contributed by atoms with Crippen molar-refractivity contribution in [2.75, 3.05) is 11.1 Å². The van der Waals surface area contributed by atoms with E-state index < -0.39 is 0 Å². The first kappa shape index (κ1) is 15.3. The average molecular weight is 299 g/mol. The van der Waals surface area contributed by atoms with Crippen molar-refractivity contribution in [2.45, 2.75) is 18.7 Å². The molecule has 2 rings (SSSR count). The molecule has 2 aromatic rings. The number of anilines is 1. The van der Waals surface area contributed by atoms with Crippen LogP contribution in [-0.2, 0) is 4.79 Å². The Morgan fingerprint density at radius 2 is 1.81 bits per heavy atom. The van der Waals surface area contributed by atoms with Crippen LogP contribution in [0.5, 0.6) is 0 Å². The Labute approximate surface area is 128 Å². The highest BCUT2D eigenvalue weighted by atomic mass is 32.2. The molecular weight excluding hydrogens is 282 g/mol. The summed E-state index contributed by atoms with van der Waals surface area (Å²) in [6, 6.07) is 15.0. The van der Waals surface area contributed by atoms with Gasteiger partial charge < -0.3 is 5.32 Å². The number of thioether (sulfide) groups is 1. The zero-order valence-corrected chi connectivity index (χ0v) is 12.9. The highest BCUT2D eigenvalue weighted by Crippen LogP contribution is 2.20. The predicted octanol–water partition coefficient (Wildman–Crippen LogP) is 3.93. The second-order valence-electron chi connectivity index (χ2n) is 4.79. The van der Waals surface area contributed by atoms with E-state index in [0.717, 1.165) is 16.1 Å².